The standard InChI is InChI=1S/C22H31BrN2O4/c1-5-28-21(27)19-16(22(2,3)4)17(24)18(13-9-6-7-10-14(13)23)25(19)20(26)15-11-8-12-29-15/h6-7,9-10,15-19H,5,8,11-12,24H2,1-4H3/t15-,16-,17-,18-,19-/m0/s1. The van der Waals surface area contributed by atoms with Gasteiger partial charge in [-0.15, -0.1) is 0 Å². The Morgan fingerprint density at radius 3 is 2.55 bits per heavy atom. The molecule has 2 N–H and O–H groups in total. The van der Waals surface area contributed by atoms with E-state index in [1.54, 1.807) is 11.8 Å². The zero-order valence-electron chi connectivity index (χ0n) is 17.6. The van der Waals surface area contributed by atoms with Gasteiger partial charge in [-0.3, -0.25) is 4.79 Å². The second-order valence-corrected chi connectivity index (χ2v) is 9.73. The number of halogens is 1. The van der Waals surface area contributed by atoms with Crippen LogP contribution in [0.4, 0.5) is 0 Å². The lowest BCUT2D eigenvalue weighted by atomic mass is 9.73. The number of hydrogen-bond donors (Lipinski definition) is 1. The van der Waals surface area contributed by atoms with E-state index in [2.05, 4.69) is 36.7 Å². The van der Waals surface area contributed by atoms with E-state index in [1.807, 2.05) is 24.3 Å². The van der Waals surface area contributed by atoms with Gasteiger partial charge >= 0.3 is 5.97 Å². The predicted molar refractivity (Wildman–Crippen MR) is 114 cm³/mol. The van der Waals surface area contributed by atoms with Crippen molar-refractivity contribution in [1.29, 1.82) is 0 Å². The van der Waals surface area contributed by atoms with Gasteiger partial charge in [-0.05, 0) is 36.8 Å². The summed E-state index contributed by atoms with van der Waals surface area (Å²) >= 11 is 3.61. The topological polar surface area (TPSA) is 81.9 Å². The Hall–Kier alpha value is -1.44. The molecule has 0 unspecified atom stereocenters. The lowest BCUT2D eigenvalue weighted by Gasteiger charge is -2.35. The smallest absolute Gasteiger partial charge is 0.329 e. The van der Waals surface area contributed by atoms with Crippen LogP contribution >= 0.6 is 15.9 Å². The molecule has 160 valence electrons. The minimum Gasteiger partial charge on any atom is -0.464 e. The molecule has 7 heteroatoms. The summed E-state index contributed by atoms with van der Waals surface area (Å²) in [4.78, 5) is 28.4. The molecule has 1 amide bonds. The Labute approximate surface area is 181 Å². The highest BCUT2D eigenvalue weighted by Gasteiger charge is 2.58. The first-order valence-electron chi connectivity index (χ1n) is 10.3. The third-order valence-electron chi connectivity index (χ3n) is 5.93. The van der Waals surface area contributed by atoms with Crippen LogP contribution in [0.1, 0.15) is 52.1 Å². The molecule has 5 atom stereocenters. The maximum absolute atomic E-state index is 13.6. The highest BCUT2D eigenvalue weighted by Crippen LogP contribution is 2.49. The van der Waals surface area contributed by atoms with Crippen LogP contribution in [-0.4, -0.2) is 48.2 Å². The Morgan fingerprint density at radius 1 is 1.31 bits per heavy atom. The molecule has 2 heterocycles. The number of nitrogens with two attached hydrogens (primary N) is 1. The third-order valence-corrected chi connectivity index (χ3v) is 6.65. The minimum atomic E-state index is -0.751. The summed E-state index contributed by atoms with van der Waals surface area (Å²) in [5.41, 5.74) is 7.39. The van der Waals surface area contributed by atoms with Crippen molar-refractivity contribution in [3.63, 3.8) is 0 Å². The molecule has 0 aromatic heterocycles. The van der Waals surface area contributed by atoms with Crippen molar-refractivity contribution in [3.05, 3.63) is 34.3 Å². The molecule has 6 nitrogen and oxygen atoms in total. The molecule has 3 rings (SSSR count). The van der Waals surface area contributed by atoms with E-state index < -0.39 is 30.2 Å². The molecule has 1 aromatic rings. The summed E-state index contributed by atoms with van der Waals surface area (Å²) in [7, 11) is 0. The number of amides is 1. The van der Waals surface area contributed by atoms with Crippen molar-refractivity contribution < 1.29 is 19.1 Å². The molecular formula is C22H31BrN2O4. The fraction of sp³-hybridized carbons (Fsp3) is 0.636. The molecule has 2 saturated heterocycles. The number of benzene rings is 1. The number of carbonyl (C=O) groups excluding carboxylic acids is 2. The molecule has 1 aromatic carbocycles. The molecule has 2 aliphatic rings. The van der Waals surface area contributed by atoms with Gasteiger partial charge in [-0.25, -0.2) is 4.79 Å². The van der Waals surface area contributed by atoms with E-state index in [9.17, 15) is 9.59 Å². The number of likely N-dealkylation sites (tertiary alicyclic amines) is 1. The minimum absolute atomic E-state index is 0.177. The molecule has 2 aliphatic heterocycles. The molecular weight excluding hydrogens is 436 g/mol. The summed E-state index contributed by atoms with van der Waals surface area (Å²) in [6.45, 7) is 8.75. The van der Waals surface area contributed by atoms with Crippen LogP contribution in [0.2, 0.25) is 0 Å². The maximum atomic E-state index is 13.6. The van der Waals surface area contributed by atoms with Crippen LogP contribution in [0, 0.1) is 11.3 Å². The lowest BCUT2D eigenvalue weighted by Crippen LogP contribution is -2.50. The van der Waals surface area contributed by atoms with E-state index >= 15 is 0 Å². The second-order valence-electron chi connectivity index (χ2n) is 8.88. The fourth-order valence-electron chi connectivity index (χ4n) is 4.76. The highest BCUT2D eigenvalue weighted by molar-refractivity contribution is 9.10. The molecule has 0 spiro atoms. The summed E-state index contributed by atoms with van der Waals surface area (Å²) in [5, 5.41) is 0. The number of hydrogen-bond acceptors (Lipinski definition) is 5. The van der Waals surface area contributed by atoms with Crippen molar-refractivity contribution in [2.75, 3.05) is 13.2 Å². The average molecular weight is 467 g/mol. The van der Waals surface area contributed by atoms with Gasteiger partial charge in [0.15, 0.2) is 0 Å². The van der Waals surface area contributed by atoms with Crippen LogP contribution in [-0.2, 0) is 19.1 Å². The zero-order valence-corrected chi connectivity index (χ0v) is 19.1. The number of carbonyl (C=O) groups is 2. The Bertz CT molecular complexity index is 757. The average Bonchev–Trinajstić information content (AvgIpc) is 3.28. The van der Waals surface area contributed by atoms with Crippen molar-refractivity contribution in [2.45, 2.75) is 64.8 Å². The number of nitrogens with zero attached hydrogens (tertiary/aromatic N) is 1. The highest BCUT2D eigenvalue weighted by atomic mass is 79.9. The Morgan fingerprint density at radius 2 is 2.00 bits per heavy atom. The first kappa shape index (κ1) is 22.2. The van der Waals surface area contributed by atoms with Crippen LogP contribution < -0.4 is 5.73 Å². The van der Waals surface area contributed by atoms with E-state index in [4.69, 9.17) is 15.2 Å². The third kappa shape index (κ3) is 4.23. The van der Waals surface area contributed by atoms with Gasteiger partial charge in [0.05, 0.1) is 12.6 Å². The van der Waals surface area contributed by atoms with Gasteiger partial charge in [0.2, 0.25) is 0 Å². The van der Waals surface area contributed by atoms with Gasteiger partial charge < -0.3 is 20.1 Å². The zero-order chi connectivity index (χ0) is 21.3. The predicted octanol–water partition coefficient (Wildman–Crippen LogP) is 3.43. The summed E-state index contributed by atoms with van der Waals surface area (Å²) < 4.78 is 12.0. The van der Waals surface area contributed by atoms with Gasteiger partial charge in [-0.2, -0.15) is 0 Å². The summed E-state index contributed by atoms with van der Waals surface area (Å²) in [5.74, 6) is -0.837. The van der Waals surface area contributed by atoms with E-state index in [0.29, 0.717) is 13.0 Å². The quantitative estimate of drug-likeness (QED) is 0.687. The maximum Gasteiger partial charge on any atom is 0.329 e. The molecule has 0 radical (unpaired) electrons. The first-order valence-corrected chi connectivity index (χ1v) is 11.1. The SMILES string of the molecule is CCOC(=O)[C@@H]1[C@@H](C(C)(C)C)[C@H](N)[C@H](c2ccccc2Br)N1C(=O)[C@@H]1CCCO1. The lowest BCUT2D eigenvalue weighted by molar-refractivity contribution is -0.160. The molecule has 0 saturated carbocycles. The van der Waals surface area contributed by atoms with E-state index in [0.717, 1.165) is 16.5 Å². The molecule has 29 heavy (non-hydrogen) atoms. The van der Waals surface area contributed by atoms with Crippen molar-refractivity contribution in [2.24, 2.45) is 17.1 Å². The van der Waals surface area contributed by atoms with Crippen molar-refractivity contribution in [1.82, 2.24) is 4.90 Å². The number of ether oxygens (including phenoxy) is 2. The van der Waals surface area contributed by atoms with Gasteiger partial charge in [-0.1, -0.05) is 54.9 Å². The fourth-order valence-corrected chi connectivity index (χ4v) is 5.28. The summed E-state index contributed by atoms with van der Waals surface area (Å²) in [6, 6.07) is 6.11. The number of esters is 1. The van der Waals surface area contributed by atoms with Crippen LogP contribution in [0.5, 0.6) is 0 Å². The van der Waals surface area contributed by atoms with Crippen LogP contribution in [0.3, 0.4) is 0 Å². The first-order chi connectivity index (χ1) is 13.7. The van der Waals surface area contributed by atoms with E-state index in [1.165, 1.54) is 0 Å². The van der Waals surface area contributed by atoms with Gasteiger partial charge in [0, 0.05) is 23.0 Å². The van der Waals surface area contributed by atoms with Crippen LogP contribution in [0.25, 0.3) is 0 Å². The van der Waals surface area contributed by atoms with E-state index in [-0.39, 0.29) is 23.8 Å². The van der Waals surface area contributed by atoms with Gasteiger partial charge in [0.25, 0.3) is 5.91 Å². The second kappa shape index (κ2) is 8.74. The van der Waals surface area contributed by atoms with Crippen molar-refractivity contribution >= 4 is 27.8 Å². The Kier molecular flexibility index (Phi) is 6.70. The summed E-state index contributed by atoms with van der Waals surface area (Å²) in [6.07, 6.45) is 0.953. The molecule has 0 bridgehead atoms. The van der Waals surface area contributed by atoms with Gasteiger partial charge in [0.1, 0.15) is 12.1 Å². The largest absolute Gasteiger partial charge is 0.464 e. The number of rotatable bonds is 4. The normalized spacial score (nSPS) is 29.9. The Balaban J connectivity index is 2.14. The van der Waals surface area contributed by atoms with Crippen molar-refractivity contribution in [3.8, 4) is 0 Å². The van der Waals surface area contributed by atoms with Crippen LogP contribution in [0.15, 0.2) is 28.7 Å². The molecule has 0 aliphatic carbocycles. The molecule has 2 fully saturated rings. The monoisotopic (exact) mass is 466 g/mol.